The third-order valence-electron chi connectivity index (χ3n) is 4.10. The minimum atomic E-state index is -0.473. The molecular formula is C23H14Br2ClIN2O2. The van der Waals surface area contributed by atoms with E-state index in [0.29, 0.717) is 28.6 Å². The van der Waals surface area contributed by atoms with Crippen LogP contribution in [0.2, 0.25) is 5.02 Å². The number of carbonyl (C=O) groups excluding carboxylic acids is 1. The Bertz CT molecular complexity index is 1150. The maximum absolute atomic E-state index is 12.5. The molecule has 3 aromatic rings. The summed E-state index contributed by atoms with van der Waals surface area (Å²) >= 11 is 15.0. The van der Waals surface area contributed by atoms with E-state index in [0.717, 1.165) is 18.1 Å². The lowest BCUT2D eigenvalue weighted by Gasteiger charge is -2.12. The van der Waals surface area contributed by atoms with Crippen LogP contribution in [0.5, 0.6) is 5.75 Å². The molecule has 8 heteroatoms. The number of rotatable bonds is 6. The van der Waals surface area contributed by atoms with Crippen LogP contribution >= 0.6 is 66.1 Å². The number of carbonyl (C=O) groups is 1. The zero-order valence-electron chi connectivity index (χ0n) is 15.8. The number of benzene rings is 3. The van der Waals surface area contributed by atoms with Gasteiger partial charge in [0.15, 0.2) is 0 Å². The maximum Gasteiger partial charge on any atom is 0.266 e. The van der Waals surface area contributed by atoms with Gasteiger partial charge < -0.3 is 10.1 Å². The Morgan fingerprint density at radius 2 is 1.81 bits per heavy atom. The first-order valence-corrected chi connectivity index (χ1v) is 11.9. The van der Waals surface area contributed by atoms with E-state index in [9.17, 15) is 10.1 Å². The summed E-state index contributed by atoms with van der Waals surface area (Å²) in [5, 5.41) is 12.9. The van der Waals surface area contributed by atoms with Crippen molar-refractivity contribution in [1.29, 1.82) is 5.26 Å². The molecule has 31 heavy (non-hydrogen) atoms. The number of nitrogens with one attached hydrogen (secondary N) is 1. The lowest BCUT2D eigenvalue weighted by atomic mass is 10.1. The molecular weight excluding hydrogens is 658 g/mol. The molecule has 0 aliphatic carbocycles. The SMILES string of the molecule is N#C/C(=C/c1cc(Br)c(OCc2ccc(Cl)cc2)c(I)c1)C(=O)Nc1ccc(Br)cc1. The van der Waals surface area contributed by atoms with Gasteiger partial charge in [0.2, 0.25) is 0 Å². The van der Waals surface area contributed by atoms with E-state index in [4.69, 9.17) is 16.3 Å². The van der Waals surface area contributed by atoms with Gasteiger partial charge in [-0.3, -0.25) is 4.79 Å². The van der Waals surface area contributed by atoms with Gasteiger partial charge in [-0.25, -0.2) is 0 Å². The quantitative estimate of drug-likeness (QED) is 0.167. The fourth-order valence-electron chi connectivity index (χ4n) is 2.58. The lowest BCUT2D eigenvalue weighted by molar-refractivity contribution is -0.112. The molecule has 3 rings (SSSR count). The Kier molecular flexibility index (Phi) is 8.55. The average molecular weight is 673 g/mol. The van der Waals surface area contributed by atoms with Gasteiger partial charge >= 0.3 is 0 Å². The molecule has 0 radical (unpaired) electrons. The second-order valence-corrected chi connectivity index (χ2v) is 9.73. The molecule has 0 atom stereocenters. The summed E-state index contributed by atoms with van der Waals surface area (Å²) in [5.74, 6) is 0.213. The third-order valence-corrected chi connectivity index (χ3v) is 6.27. The van der Waals surface area contributed by atoms with Gasteiger partial charge in [-0.05, 0) is 104 Å². The summed E-state index contributed by atoms with van der Waals surface area (Å²) in [6.45, 7) is 0.389. The molecule has 0 aromatic heterocycles. The van der Waals surface area contributed by atoms with E-state index < -0.39 is 5.91 Å². The van der Waals surface area contributed by atoms with Crippen LogP contribution in [-0.2, 0) is 11.4 Å². The normalized spacial score (nSPS) is 11.0. The molecule has 0 fully saturated rings. The van der Waals surface area contributed by atoms with Crippen LogP contribution in [0.1, 0.15) is 11.1 Å². The molecule has 0 saturated carbocycles. The largest absolute Gasteiger partial charge is 0.487 e. The molecule has 0 aliphatic heterocycles. The van der Waals surface area contributed by atoms with Gasteiger partial charge in [-0.2, -0.15) is 5.26 Å². The first kappa shape index (κ1) is 23.8. The number of amides is 1. The zero-order valence-corrected chi connectivity index (χ0v) is 21.9. The number of halogens is 4. The van der Waals surface area contributed by atoms with Crippen LogP contribution in [0.25, 0.3) is 6.08 Å². The van der Waals surface area contributed by atoms with E-state index in [1.807, 2.05) is 54.6 Å². The second kappa shape index (κ2) is 11.1. The Labute approximate surface area is 215 Å². The Balaban J connectivity index is 1.76. The molecule has 156 valence electrons. The van der Waals surface area contributed by atoms with Gasteiger partial charge in [-0.1, -0.05) is 39.7 Å². The molecule has 0 heterocycles. The number of nitriles is 1. The number of hydrogen-bond acceptors (Lipinski definition) is 3. The van der Waals surface area contributed by atoms with Gasteiger partial charge in [0.1, 0.15) is 24.0 Å². The minimum absolute atomic E-state index is 0.000418. The molecule has 4 nitrogen and oxygen atoms in total. The highest BCUT2D eigenvalue weighted by molar-refractivity contribution is 14.1. The molecule has 0 unspecified atom stereocenters. The summed E-state index contributed by atoms with van der Waals surface area (Å²) in [6, 6.07) is 20.2. The van der Waals surface area contributed by atoms with Gasteiger partial charge in [-0.15, -0.1) is 0 Å². The summed E-state index contributed by atoms with van der Waals surface area (Å²) < 4.78 is 8.42. The van der Waals surface area contributed by atoms with E-state index in [2.05, 4.69) is 59.8 Å². The van der Waals surface area contributed by atoms with Crippen molar-refractivity contribution in [1.82, 2.24) is 0 Å². The summed E-state index contributed by atoms with van der Waals surface area (Å²) in [7, 11) is 0. The predicted octanol–water partition coefficient (Wildman–Crippen LogP) is 7.59. The second-order valence-electron chi connectivity index (χ2n) is 6.36. The van der Waals surface area contributed by atoms with Crippen LogP contribution in [0.4, 0.5) is 5.69 Å². The Hall–Kier alpha value is -1.86. The van der Waals surface area contributed by atoms with Crippen LogP contribution in [0, 0.1) is 14.9 Å². The van der Waals surface area contributed by atoms with Gasteiger partial charge in [0, 0.05) is 15.2 Å². The first-order chi connectivity index (χ1) is 14.9. The maximum atomic E-state index is 12.5. The van der Waals surface area contributed by atoms with Gasteiger partial charge in [0.25, 0.3) is 5.91 Å². The van der Waals surface area contributed by atoms with Crippen LogP contribution in [0.3, 0.4) is 0 Å². The standard InChI is InChI=1S/C23H14Br2ClIN2O2/c24-17-3-7-19(8-4-17)29-23(30)16(12-28)9-15-10-20(25)22(21(27)11-15)31-13-14-1-5-18(26)6-2-14/h1-11H,13H2,(H,29,30)/b16-9-. The van der Waals surface area contributed by atoms with E-state index in [1.165, 1.54) is 0 Å². The van der Waals surface area contributed by atoms with E-state index in [1.54, 1.807) is 18.2 Å². The number of ether oxygens (including phenoxy) is 1. The average Bonchev–Trinajstić information content (AvgIpc) is 2.74. The molecule has 3 aromatic carbocycles. The van der Waals surface area contributed by atoms with Crippen molar-refractivity contribution in [3.8, 4) is 11.8 Å². The fourth-order valence-corrected chi connectivity index (χ4v) is 4.74. The van der Waals surface area contributed by atoms with Crippen molar-refractivity contribution in [3.05, 3.63) is 94.9 Å². The zero-order chi connectivity index (χ0) is 22.4. The lowest BCUT2D eigenvalue weighted by Crippen LogP contribution is -2.13. The monoisotopic (exact) mass is 670 g/mol. The number of anilines is 1. The molecule has 0 spiro atoms. The van der Waals surface area contributed by atoms with Crippen LogP contribution < -0.4 is 10.1 Å². The summed E-state index contributed by atoms with van der Waals surface area (Å²) in [5.41, 5.74) is 2.31. The van der Waals surface area contributed by atoms with E-state index >= 15 is 0 Å². The minimum Gasteiger partial charge on any atom is -0.487 e. The summed E-state index contributed by atoms with van der Waals surface area (Å²) in [4.78, 5) is 12.5. The molecule has 0 bridgehead atoms. The van der Waals surface area contributed by atoms with Crippen molar-refractivity contribution in [3.63, 3.8) is 0 Å². The van der Waals surface area contributed by atoms with Crippen molar-refractivity contribution >= 4 is 83.7 Å². The van der Waals surface area contributed by atoms with Crippen molar-refractivity contribution in [2.24, 2.45) is 0 Å². The number of hydrogen-bond donors (Lipinski definition) is 1. The first-order valence-electron chi connectivity index (χ1n) is 8.90. The van der Waals surface area contributed by atoms with Gasteiger partial charge in [0.05, 0.1) is 8.04 Å². The smallest absolute Gasteiger partial charge is 0.266 e. The van der Waals surface area contributed by atoms with Crippen LogP contribution in [-0.4, -0.2) is 5.91 Å². The Morgan fingerprint density at radius 3 is 2.42 bits per heavy atom. The summed E-state index contributed by atoms with van der Waals surface area (Å²) in [6.07, 6.45) is 1.55. The topological polar surface area (TPSA) is 62.1 Å². The highest BCUT2D eigenvalue weighted by Crippen LogP contribution is 2.33. The highest BCUT2D eigenvalue weighted by atomic mass is 127. The molecule has 0 aliphatic rings. The van der Waals surface area contributed by atoms with Crippen molar-refractivity contribution in [2.75, 3.05) is 5.32 Å². The fraction of sp³-hybridized carbons (Fsp3) is 0.0435. The third kappa shape index (κ3) is 6.81. The van der Waals surface area contributed by atoms with E-state index in [-0.39, 0.29) is 5.57 Å². The van der Waals surface area contributed by atoms with Crippen molar-refractivity contribution < 1.29 is 9.53 Å². The predicted molar refractivity (Wildman–Crippen MR) is 139 cm³/mol. The van der Waals surface area contributed by atoms with Crippen LogP contribution in [0.15, 0.2) is 75.2 Å². The highest BCUT2D eigenvalue weighted by Gasteiger charge is 2.13. The van der Waals surface area contributed by atoms with Crippen molar-refractivity contribution in [2.45, 2.75) is 6.61 Å². The molecule has 1 N–H and O–H groups in total. The molecule has 1 amide bonds. The number of nitrogens with zero attached hydrogens (tertiary/aromatic N) is 1. The molecule has 0 saturated heterocycles. The Morgan fingerprint density at radius 1 is 1.13 bits per heavy atom.